The number of anilines is 2. The summed E-state index contributed by atoms with van der Waals surface area (Å²) in [6.07, 6.45) is 0.389. The summed E-state index contributed by atoms with van der Waals surface area (Å²) in [6.45, 7) is 0. The van der Waals surface area contributed by atoms with Crippen LogP contribution in [0, 0.1) is 0 Å². The summed E-state index contributed by atoms with van der Waals surface area (Å²) in [4.78, 5) is 17.6. The van der Waals surface area contributed by atoms with Gasteiger partial charge in [0.1, 0.15) is 0 Å². The highest BCUT2D eigenvalue weighted by Crippen LogP contribution is 2.04. The molecule has 0 aliphatic rings. The topological polar surface area (TPSA) is 86.2 Å². The molecule has 0 spiro atoms. The third-order valence-corrected chi connectivity index (χ3v) is 0.992. The highest BCUT2D eigenvalue weighted by atomic mass is 16.2. The smallest absolute Gasteiger partial charge is 0.182 e. The van der Waals surface area contributed by atoms with Gasteiger partial charge in [-0.3, -0.25) is 9.59 Å². The molecule has 64 valence electrons. The Morgan fingerprint density at radius 3 is 1.25 bits per heavy atom. The fourth-order valence-corrected chi connectivity index (χ4v) is 0.496. The molecule has 0 saturated heterocycles. The second-order valence-electron chi connectivity index (χ2n) is 1.94. The SMILES string of the molecule is Nc1ccc(N)cc1.O=CC=O. The normalized spacial score (nSPS) is 7.67. The van der Waals surface area contributed by atoms with E-state index in [0.29, 0.717) is 0 Å². The average molecular weight is 166 g/mol. The summed E-state index contributed by atoms with van der Waals surface area (Å²) in [7, 11) is 0. The van der Waals surface area contributed by atoms with Gasteiger partial charge in [-0.05, 0) is 24.3 Å². The van der Waals surface area contributed by atoms with Crippen molar-refractivity contribution in [2.24, 2.45) is 0 Å². The van der Waals surface area contributed by atoms with Gasteiger partial charge in [0.05, 0.1) is 0 Å². The van der Waals surface area contributed by atoms with Crippen molar-refractivity contribution < 1.29 is 9.59 Å². The largest absolute Gasteiger partial charge is 0.399 e. The van der Waals surface area contributed by atoms with E-state index in [4.69, 9.17) is 21.1 Å². The van der Waals surface area contributed by atoms with Gasteiger partial charge in [0.2, 0.25) is 0 Å². The number of nitrogens with two attached hydrogens (primary N) is 2. The van der Waals surface area contributed by atoms with Crippen LogP contribution in [-0.2, 0) is 9.59 Å². The van der Waals surface area contributed by atoms with Gasteiger partial charge in [-0.2, -0.15) is 0 Å². The standard InChI is InChI=1S/C6H8N2.C2H2O2/c7-5-1-2-6(8)4-3-5;3-1-2-4/h1-4H,7-8H2;1-2H. The maximum absolute atomic E-state index is 8.81. The van der Waals surface area contributed by atoms with Gasteiger partial charge in [-0.1, -0.05) is 0 Å². The molecule has 0 aliphatic carbocycles. The average Bonchev–Trinajstić information content (AvgIpc) is 2.11. The lowest BCUT2D eigenvalue weighted by Gasteiger charge is -1.90. The van der Waals surface area contributed by atoms with Gasteiger partial charge < -0.3 is 11.5 Å². The molecule has 1 rings (SSSR count). The van der Waals surface area contributed by atoms with E-state index in [1.807, 2.05) is 0 Å². The lowest BCUT2D eigenvalue weighted by atomic mass is 10.3. The van der Waals surface area contributed by atoms with E-state index in [9.17, 15) is 0 Å². The van der Waals surface area contributed by atoms with Crippen molar-refractivity contribution in [3.8, 4) is 0 Å². The summed E-state index contributed by atoms with van der Waals surface area (Å²) in [5.41, 5.74) is 12.2. The Morgan fingerprint density at radius 2 is 1.08 bits per heavy atom. The van der Waals surface area contributed by atoms with Crippen molar-refractivity contribution in [1.29, 1.82) is 0 Å². The predicted molar refractivity (Wildman–Crippen MR) is 47.4 cm³/mol. The van der Waals surface area contributed by atoms with Crippen LogP contribution >= 0.6 is 0 Å². The van der Waals surface area contributed by atoms with Crippen LogP contribution in [0.5, 0.6) is 0 Å². The molecule has 0 radical (unpaired) electrons. The molecule has 0 bridgehead atoms. The van der Waals surface area contributed by atoms with Crippen molar-refractivity contribution in [2.75, 3.05) is 11.5 Å². The van der Waals surface area contributed by atoms with Gasteiger partial charge in [0.15, 0.2) is 12.6 Å². The van der Waals surface area contributed by atoms with Crippen LogP contribution in [0.2, 0.25) is 0 Å². The van der Waals surface area contributed by atoms with Crippen molar-refractivity contribution in [3.63, 3.8) is 0 Å². The maximum atomic E-state index is 8.81. The van der Waals surface area contributed by atoms with Gasteiger partial charge >= 0.3 is 0 Å². The Balaban J connectivity index is 0.000000261. The first-order chi connectivity index (χ1) is 5.70. The minimum Gasteiger partial charge on any atom is -0.399 e. The molecule has 1 aromatic carbocycles. The van der Waals surface area contributed by atoms with Crippen LogP contribution in [0.4, 0.5) is 11.4 Å². The zero-order chi connectivity index (χ0) is 9.40. The second-order valence-corrected chi connectivity index (χ2v) is 1.94. The summed E-state index contributed by atoms with van der Waals surface area (Å²) >= 11 is 0. The number of hydrogen-bond donors (Lipinski definition) is 2. The van der Waals surface area contributed by atoms with E-state index in [1.165, 1.54) is 0 Å². The van der Waals surface area contributed by atoms with E-state index in [1.54, 1.807) is 24.3 Å². The van der Waals surface area contributed by atoms with E-state index in [-0.39, 0.29) is 12.6 Å². The molecule has 0 amide bonds. The zero-order valence-electron chi connectivity index (χ0n) is 6.44. The summed E-state index contributed by atoms with van der Waals surface area (Å²) in [5, 5.41) is 0. The molecule has 4 heteroatoms. The molecular formula is C8H10N2O2. The number of nitrogen functional groups attached to an aromatic ring is 2. The first-order valence-electron chi connectivity index (χ1n) is 3.20. The molecule has 0 unspecified atom stereocenters. The molecule has 0 aliphatic heterocycles. The zero-order valence-corrected chi connectivity index (χ0v) is 6.44. The summed E-state index contributed by atoms with van der Waals surface area (Å²) < 4.78 is 0. The Hall–Kier alpha value is -1.84. The van der Waals surface area contributed by atoms with Crippen molar-refractivity contribution in [1.82, 2.24) is 0 Å². The van der Waals surface area contributed by atoms with Crippen molar-refractivity contribution in [3.05, 3.63) is 24.3 Å². The molecule has 0 saturated carbocycles. The highest BCUT2D eigenvalue weighted by Gasteiger charge is 1.80. The fourth-order valence-electron chi connectivity index (χ4n) is 0.496. The first kappa shape index (κ1) is 10.2. The van der Waals surface area contributed by atoms with E-state index < -0.39 is 0 Å². The molecule has 4 N–H and O–H groups in total. The van der Waals surface area contributed by atoms with Crippen LogP contribution in [0.15, 0.2) is 24.3 Å². The van der Waals surface area contributed by atoms with Gasteiger partial charge in [0, 0.05) is 11.4 Å². The molecule has 0 fully saturated rings. The molecule has 4 nitrogen and oxygen atoms in total. The third kappa shape index (κ3) is 4.99. The number of rotatable bonds is 1. The summed E-state index contributed by atoms with van der Waals surface area (Å²) in [6, 6.07) is 7.09. The minimum atomic E-state index is 0.194. The lowest BCUT2D eigenvalue weighted by molar-refractivity contribution is -0.122. The Labute approximate surface area is 70.2 Å². The molecule has 0 heterocycles. The van der Waals surface area contributed by atoms with E-state index >= 15 is 0 Å². The molecular weight excluding hydrogens is 156 g/mol. The fraction of sp³-hybridized carbons (Fsp3) is 0. The number of aldehydes is 2. The Kier molecular flexibility index (Phi) is 5.00. The number of carbonyl (C=O) groups is 2. The molecule has 1 aromatic rings. The molecule has 12 heavy (non-hydrogen) atoms. The van der Waals surface area contributed by atoms with E-state index in [0.717, 1.165) is 11.4 Å². The summed E-state index contributed by atoms with van der Waals surface area (Å²) in [5.74, 6) is 0. The van der Waals surface area contributed by atoms with Gasteiger partial charge in [0.25, 0.3) is 0 Å². The van der Waals surface area contributed by atoms with Crippen molar-refractivity contribution >= 4 is 23.9 Å². The number of carbonyl (C=O) groups excluding carboxylic acids is 2. The van der Waals surface area contributed by atoms with Crippen LogP contribution in [-0.4, -0.2) is 12.6 Å². The monoisotopic (exact) mass is 166 g/mol. The van der Waals surface area contributed by atoms with Gasteiger partial charge in [-0.15, -0.1) is 0 Å². The minimum absolute atomic E-state index is 0.194. The lowest BCUT2D eigenvalue weighted by Crippen LogP contribution is -1.86. The molecule has 0 atom stereocenters. The molecule has 0 aromatic heterocycles. The van der Waals surface area contributed by atoms with Crippen LogP contribution in [0.1, 0.15) is 0 Å². The van der Waals surface area contributed by atoms with Crippen LogP contribution in [0.25, 0.3) is 0 Å². The third-order valence-electron chi connectivity index (χ3n) is 0.992. The van der Waals surface area contributed by atoms with E-state index in [2.05, 4.69) is 0 Å². The van der Waals surface area contributed by atoms with Gasteiger partial charge in [-0.25, -0.2) is 0 Å². The Bertz CT molecular complexity index is 217. The maximum Gasteiger partial charge on any atom is 0.182 e. The van der Waals surface area contributed by atoms with Crippen LogP contribution in [0.3, 0.4) is 0 Å². The Morgan fingerprint density at radius 1 is 0.833 bits per heavy atom. The second kappa shape index (κ2) is 5.91. The van der Waals surface area contributed by atoms with Crippen LogP contribution < -0.4 is 11.5 Å². The predicted octanol–water partition coefficient (Wildman–Crippen LogP) is 0.235. The first-order valence-corrected chi connectivity index (χ1v) is 3.20. The van der Waals surface area contributed by atoms with Crippen molar-refractivity contribution in [2.45, 2.75) is 0 Å². The number of benzene rings is 1. The number of hydrogen-bond acceptors (Lipinski definition) is 4. The highest BCUT2D eigenvalue weighted by molar-refractivity contribution is 6.09. The quantitative estimate of drug-likeness (QED) is 0.355.